The molecule has 0 saturated carbocycles. The summed E-state index contributed by atoms with van der Waals surface area (Å²) in [6.45, 7) is 3.59. The van der Waals surface area contributed by atoms with Gasteiger partial charge < -0.3 is 15.2 Å². The minimum absolute atomic E-state index is 0.181. The average molecular weight is 291 g/mol. The second kappa shape index (κ2) is 7.50. The van der Waals surface area contributed by atoms with Gasteiger partial charge in [0, 0.05) is 13.1 Å². The molecule has 0 saturated heterocycles. The Morgan fingerprint density at radius 2 is 1.80 bits per heavy atom. The molecule has 0 spiro atoms. The quantitative estimate of drug-likeness (QED) is 0.811. The zero-order chi connectivity index (χ0) is 15.2. The van der Waals surface area contributed by atoms with Crippen LogP contribution in [0, 0.1) is 5.92 Å². The molecule has 2 N–H and O–H groups in total. The van der Waals surface area contributed by atoms with Gasteiger partial charge in [-0.2, -0.15) is 13.2 Å². The van der Waals surface area contributed by atoms with E-state index in [0.717, 1.165) is 5.56 Å². The summed E-state index contributed by atoms with van der Waals surface area (Å²) in [5, 5.41) is 12.7. The largest absolute Gasteiger partial charge is 0.484 e. The molecule has 1 aromatic rings. The average Bonchev–Trinajstić information content (AvgIpc) is 2.36. The Hall–Kier alpha value is -1.27. The lowest BCUT2D eigenvalue weighted by Gasteiger charge is -2.15. The fraction of sp³-hybridized carbons (Fsp3) is 0.571. The Balaban J connectivity index is 2.35. The molecule has 6 heteroatoms. The van der Waals surface area contributed by atoms with Gasteiger partial charge in [0.1, 0.15) is 5.75 Å². The number of alkyl halides is 3. The molecule has 0 aromatic heterocycles. The molecule has 114 valence electrons. The Labute approximate surface area is 116 Å². The summed E-state index contributed by atoms with van der Waals surface area (Å²) in [6.07, 6.45) is -4.74. The van der Waals surface area contributed by atoms with E-state index >= 15 is 0 Å². The van der Waals surface area contributed by atoms with Gasteiger partial charge in [-0.3, -0.25) is 0 Å². The third-order valence-electron chi connectivity index (χ3n) is 2.78. The first-order valence-electron chi connectivity index (χ1n) is 6.45. The van der Waals surface area contributed by atoms with Gasteiger partial charge in [-0.05, 0) is 23.6 Å². The molecule has 0 fully saturated rings. The maximum Gasteiger partial charge on any atom is 0.422 e. The van der Waals surface area contributed by atoms with Gasteiger partial charge in [0.15, 0.2) is 6.61 Å². The topological polar surface area (TPSA) is 41.5 Å². The number of nitrogens with one attached hydrogen (secondary N) is 1. The van der Waals surface area contributed by atoms with Crippen LogP contribution in [0.4, 0.5) is 13.2 Å². The van der Waals surface area contributed by atoms with Crippen molar-refractivity contribution in [1.82, 2.24) is 5.32 Å². The first kappa shape index (κ1) is 16.8. The molecule has 20 heavy (non-hydrogen) atoms. The summed E-state index contributed by atoms with van der Waals surface area (Å²) in [7, 11) is 0. The van der Waals surface area contributed by atoms with E-state index in [1.807, 2.05) is 13.8 Å². The molecule has 0 bridgehead atoms. The fourth-order valence-corrected chi connectivity index (χ4v) is 1.47. The normalized spacial score (nSPS) is 13.6. The molecule has 0 heterocycles. The summed E-state index contributed by atoms with van der Waals surface area (Å²) >= 11 is 0. The third-order valence-corrected chi connectivity index (χ3v) is 2.78. The van der Waals surface area contributed by atoms with Gasteiger partial charge in [0.2, 0.25) is 0 Å². The lowest BCUT2D eigenvalue weighted by atomic mass is 10.1. The van der Waals surface area contributed by atoms with Crippen molar-refractivity contribution < 1.29 is 23.0 Å². The third kappa shape index (κ3) is 6.77. The standard InChI is InChI=1S/C14H20F3NO2/c1-10(2)13(19)8-18-7-11-3-5-12(6-4-11)20-9-14(15,16)17/h3-6,10,13,18-19H,7-9H2,1-2H3. The summed E-state index contributed by atoms with van der Waals surface area (Å²) in [4.78, 5) is 0. The zero-order valence-corrected chi connectivity index (χ0v) is 11.6. The molecular weight excluding hydrogens is 271 g/mol. The number of aliphatic hydroxyl groups excluding tert-OH is 1. The van der Waals surface area contributed by atoms with E-state index in [1.165, 1.54) is 12.1 Å². The van der Waals surface area contributed by atoms with Crippen molar-refractivity contribution in [3.8, 4) is 5.75 Å². The second-order valence-electron chi connectivity index (χ2n) is 4.99. The number of hydrogen-bond acceptors (Lipinski definition) is 3. The van der Waals surface area contributed by atoms with E-state index < -0.39 is 18.9 Å². The molecule has 0 aliphatic carbocycles. The molecule has 1 aromatic carbocycles. The highest BCUT2D eigenvalue weighted by molar-refractivity contribution is 5.27. The highest BCUT2D eigenvalue weighted by atomic mass is 19.4. The number of rotatable bonds is 7. The molecule has 0 amide bonds. The molecule has 1 atom stereocenters. The van der Waals surface area contributed by atoms with Gasteiger partial charge in [0.25, 0.3) is 0 Å². The van der Waals surface area contributed by atoms with Crippen LogP contribution >= 0.6 is 0 Å². The van der Waals surface area contributed by atoms with Crippen molar-refractivity contribution in [3.63, 3.8) is 0 Å². The van der Waals surface area contributed by atoms with E-state index in [2.05, 4.69) is 10.1 Å². The van der Waals surface area contributed by atoms with Crippen LogP contribution in [0.5, 0.6) is 5.75 Å². The smallest absolute Gasteiger partial charge is 0.422 e. The number of aliphatic hydroxyl groups is 1. The van der Waals surface area contributed by atoms with Crippen LogP contribution < -0.4 is 10.1 Å². The van der Waals surface area contributed by atoms with Crippen molar-refractivity contribution >= 4 is 0 Å². The van der Waals surface area contributed by atoms with Crippen LogP contribution in [-0.2, 0) is 6.54 Å². The number of halogens is 3. The molecule has 1 unspecified atom stereocenters. The van der Waals surface area contributed by atoms with Crippen LogP contribution in [0.3, 0.4) is 0 Å². The van der Waals surface area contributed by atoms with E-state index in [-0.39, 0.29) is 11.7 Å². The Morgan fingerprint density at radius 1 is 1.20 bits per heavy atom. The first-order chi connectivity index (χ1) is 9.28. The van der Waals surface area contributed by atoms with E-state index in [9.17, 15) is 18.3 Å². The summed E-state index contributed by atoms with van der Waals surface area (Å²) < 4.78 is 40.5. The zero-order valence-electron chi connectivity index (χ0n) is 11.6. The van der Waals surface area contributed by atoms with E-state index in [0.29, 0.717) is 13.1 Å². The molecule has 0 aliphatic rings. The summed E-state index contributed by atoms with van der Waals surface area (Å²) in [5.41, 5.74) is 0.917. The highest BCUT2D eigenvalue weighted by Gasteiger charge is 2.28. The van der Waals surface area contributed by atoms with Crippen molar-refractivity contribution in [2.45, 2.75) is 32.7 Å². The summed E-state index contributed by atoms with van der Waals surface area (Å²) in [5.74, 6) is 0.369. The van der Waals surface area contributed by atoms with Crippen LogP contribution in [0.15, 0.2) is 24.3 Å². The maximum absolute atomic E-state index is 12.0. The maximum atomic E-state index is 12.0. The molecular formula is C14H20F3NO2. The minimum atomic E-state index is -4.33. The molecule has 1 rings (SSSR count). The number of ether oxygens (including phenoxy) is 1. The Morgan fingerprint density at radius 3 is 2.30 bits per heavy atom. The minimum Gasteiger partial charge on any atom is -0.484 e. The van der Waals surface area contributed by atoms with Gasteiger partial charge in [-0.25, -0.2) is 0 Å². The second-order valence-corrected chi connectivity index (χ2v) is 4.99. The van der Waals surface area contributed by atoms with Gasteiger partial charge in [-0.15, -0.1) is 0 Å². The van der Waals surface area contributed by atoms with Crippen molar-refractivity contribution in [1.29, 1.82) is 0 Å². The Kier molecular flexibility index (Phi) is 6.29. The molecule has 0 radical (unpaired) electrons. The SMILES string of the molecule is CC(C)C(O)CNCc1ccc(OCC(F)(F)F)cc1. The van der Waals surface area contributed by atoms with E-state index in [1.54, 1.807) is 12.1 Å². The van der Waals surface area contributed by atoms with Crippen LogP contribution in [0.1, 0.15) is 19.4 Å². The van der Waals surface area contributed by atoms with Crippen molar-refractivity contribution in [3.05, 3.63) is 29.8 Å². The van der Waals surface area contributed by atoms with Gasteiger partial charge in [0.05, 0.1) is 6.10 Å². The van der Waals surface area contributed by atoms with Crippen LogP contribution in [0.25, 0.3) is 0 Å². The summed E-state index contributed by atoms with van der Waals surface area (Å²) in [6, 6.07) is 6.39. The Bertz CT molecular complexity index is 390. The predicted molar refractivity (Wildman–Crippen MR) is 70.5 cm³/mol. The lowest BCUT2D eigenvalue weighted by Crippen LogP contribution is -2.30. The van der Waals surface area contributed by atoms with Gasteiger partial charge in [-0.1, -0.05) is 26.0 Å². The fourth-order valence-electron chi connectivity index (χ4n) is 1.47. The number of hydrogen-bond donors (Lipinski definition) is 2. The monoisotopic (exact) mass is 291 g/mol. The van der Waals surface area contributed by atoms with E-state index in [4.69, 9.17) is 0 Å². The predicted octanol–water partition coefficient (Wildman–Crippen LogP) is 2.73. The first-order valence-corrected chi connectivity index (χ1v) is 6.45. The molecule has 0 aliphatic heterocycles. The molecule has 3 nitrogen and oxygen atoms in total. The van der Waals surface area contributed by atoms with Gasteiger partial charge >= 0.3 is 6.18 Å². The highest BCUT2D eigenvalue weighted by Crippen LogP contribution is 2.18. The van der Waals surface area contributed by atoms with Crippen LogP contribution in [-0.4, -0.2) is 30.5 Å². The van der Waals surface area contributed by atoms with Crippen molar-refractivity contribution in [2.24, 2.45) is 5.92 Å². The van der Waals surface area contributed by atoms with Crippen molar-refractivity contribution in [2.75, 3.05) is 13.2 Å². The van der Waals surface area contributed by atoms with Crippen LogP contribution in [0.2, 0.25) is 0 Å². The lowest BCUT2D eigenvalue weighted by molar-refractivity contribution is -0.153. The number of benzene rings is 1.